The number of hydrogen-bond donors (Lipinski definition) is 1. The van der Waals surface area contributed by atoms with Crippen LogP contribution in [0.15, 0.2) is 16.6 Å². The molecule has 0 aromatic heterocycles. The van der Waals surface area contributed by atoms with Gasteiger partial charge in [-0.15, -0.1) is 0 Å². The van der Waals surface area contributed by atoms with Crippen LogP contribution < -0.4 is 5.73 Å². The lowest BCUT2D eigenvalue weighted by Crippen LogP contribution is -2.34. The maximum Gasteiger partial charge on any atom is 0.140 e. The van der Waals surface area contributed by atoms with E-state index < -0.39 is 0 Å². The Hall–Kier alpha value is -0.410. The number of halogens is 2. The molecule has 84 valence electrons. The molecule has 0 fully saturated rings. The van der Waals surface area contributed by atoms with E-state index in [0.29, 0.717) is 10.9 Å². The monoisotopic (exact) mass is 273 g/mol. The van der Waals surface area contributed by atoms with Crippen LogP contribution in [-0.2, 0) is 12.8 Å². The van der Waals surface area contributed by atoms with Gasteiger partial charge in [-0.2, -0.15) is 0 Å². The molecule has 0 amide bonds. The average Bonchev–Trinajstić information content (AvgIpc) is 2.08. The molecule has 0 spiro atoms. The minimum Gasteiger partial charge on any atom is -0.325 e. The number of aryl methyl sites for hydroxylation is 1. The van der Waals surface area contributed by atoms with Crippen LogP contribution in [0.1, 0.15) is 31.9 Å². The van der Waals surface area contributed by atoms with Crippen molar-refractivity contribution in [1.82, 2.24) is 0 Å². The zero-order chi connectivity index (χ0) is 11.6. The molecule has 3 heteroatoms. The molecule has 0 aliphatic heterocycles. The highest BCUT2D eigenvalue weighted by molar-refractivity contribution is 9.10. The summed E-state index contributed by atoms with van der Waals surface area (Å²) in [5.41, 5.74) is 7.49. The van der Waals surface area contributed by atoms with E-state index in [4.69, 9.17) is 5.73 Å². The Labute approximate surface area is 99.0 Å². The van der Waals surface area contributed by atoms with Crippen molar-refractivity contribution < 1.29 is 4.39 Å². The zero-order valence-corrected chi connectivity index (χ0v) is 11.0. The predicted molar refractivity (Wildman–Crippen MR) is 65.4 cm³/mol. The minimum atomic E-state index is -0.262. The van der Waals surface area contributed by atoms with Crippen molar-refractivity contribution >= 4 is 15.9 Å². The number of hydrogen-bond acceptors (Lipinski definition) is 1. The van der Waals surface area contributed by atoms with Crippen LogP contribution >= 0.6 is 15.9 Å². The van der Waals surface area contributed by atoms with Gasteiger partial charge in [-0.3, -0.25) is 0 Å². The fraction of sp³-hybridized carbons (Fsp3) is 0.500. The van der Waals surface area contributed by atoms with Crippen LogP contribution in [0.25, 0.3) is 0 Å². The van der Waals surface area contributed by atoms with Crippen molar-refractivity contribution in [1.29, 1.82) is 0 Å². The third-order valence-corrected chi connectivity index (χ3v) is 2.78. The Balaban J connectivity index is 3.06. The summed E-state index contributed by atoms with van der Waals surface area (Å²) in [5, 5.41) is 0. The molecule has 1 rings (SSSR count). The number of benzene rings is 1. The predicted octanol–water partition coefficient (Wildman–Crippen LogP) is 3.43. The first kappa shape index (κ1) is 12.7. The fourth-order valence-corrected chi connectivity index (χ4v) is 2.14. The first-order valence-electron chi connectivity index (χ1n) is 5.09. The van der Waals surface area contributed by atoms with Crippen LogP contribution in [0.3, 0.4) is 0 Å². The van der Waals surface area contributed by atoms with E-state index in [1.54, 1.807) is 0 Å². The summed E-state index contributed by atoms with van der Waals surface area (Å²) in [6, 6.07) is 3.71. The molecule has 0 aliphatic rings. The van der Waals surface area contributed by atoms with Crippen LogP contribution in [0.2, 0.25) is 0 Å². The SMILES string of the molecule is CCc1cc(CC(C)(C)N)cc(Br)c1F. The van der Waals surface area contributed by atoms with Crippen molar-refractivity contribution in [3.8, 4) is 0 Å². The Morgan fingerprint density at radius 2 is 2.00 bits per heavy atom. The third-order valence-electron chi connectivity index (χ3n) is 2.20. The van der Waals surface area contributed by atoms with Gasteiger partial charge in [-0.1, -0.05) is 13.0 Å². The van der Waals surface area contributed by atoms with Gasteiger partial charge in [0.05, 0.1) is 4.47 Å². The highest BCUT2D eigenvalue weighted by atomic mass is 79.9. The van der Waals surface area contributed by atoms with Crippen molar-refractivity contribution in [2.45, 2.75) is 39.2 Å². The molecule has 0 saturated heterocycles. The van der Waals surface area contributed by atoms with Crippen molar-refractivity contribution in [3.05, 3.63) is 33.5 Å². The molecule has 0 atom stereocenters. The van der Waals surface area contributed by atoms with Crippen LogP contribution in [0.5, 0.6) is 0 Å². The summed E-state index contributed by atoms with van der Waals surface area (Å²) < 4.78 is 14.1. The van der Waals surface area contributed by atoms with Crippen LogP contribution in [-0.4, -0.2) is 5.54 Å². The molecule has 0 heterocycles. The topological polar surface area (TPSA) is 26.0 Å². The Morgan fingerprint density at radius 1 is 1.40 bits per heavy atom. The van der Waals surface area contributed by atoms with E-state index >= 15 is 0 Å². The third kappa shape index (κ3) is 3.58. The molecule has 1 nitrogen and oxygen atoms in total. The largest absolute Gasteiger partial charge is 0.325 e. The van der Waals surface area contributed by atoms with Gasteiger partial charge >= 0.3 is 0 Å². The van der Waals surface area contributed by atoms with Crippen LogP contribution in [0.4, 0.5) is 4.39 Å². The summed E-state index contributed by atoms with van der Waals surface area (Å²) in [5.74, 6) is -0.156. The van der Waals surface area contributed by atoms with E-state index in [9.17, 15) is 4.39 Å². The van der Waals surface area contributed by atoms with Gasteiger partial charge in [0.25, 0.3) is 0 Å². The summed E-state index contributed by atoms with van der Waals surface area (Å²) in [6.07, 6.45) is 1.45. The minimum absolute atomic E-state index is 0.156. The quantitative estimate of drug-likeness (QED) is 0.897. The maximum atomic E-state index is 13.5. The van der Waals surface area contributed by atoms with Gasteiger partial charge in [-0.05, 0) is 59.8 Å². The van der Waals surface area contributed by atoms with E-state index in [0.717, 1.165) is 17.5 Å². The average molecular weight is 274 g/mol. The lowest BCUT2D eigenvalue weighted by atomic mass is 9.94. The molecule has 0 saturated carbocycles. The summed E-state index contributed by atoms with van der Waals surface area (Å²) in [6.45, 7) is 5.88. The standard InChI is InChI=1S/C12H17BrFN/c1-4-9-5-8(7-12(2,3)15)6-10(13)11(9)14/h5-6H,4,7,15H2,1-3H3. The Morgan fingerprint density at radius 3 is 2.47 bits per heavy atom. The van der Waals surface area contributed by atoms with Gasteiger partial charge in [-0.25, -0.2) is 4.39 Å². The van der Waals surface area contributed by atoms with E-state index in [-0.39, 0.29) is 11.4 Å². The second kappa shape index (κ2) is 4.62. The normalized spacial score (nSPS) is 11.9. The molecule has 2 N–H and O–H groups in total. The van der Waals surface area contributed by atoms with Gasteiger partial charge in [0.1, 0.15) is 5.82 Å². The fourth-order valence-electron chi connectivity index (χ4n) is 1.59. The van der Waals surface area contributed by atoms with Crippen molar-refractivity contribution in [2.75, 3.05) is 0 Å². The van der Waals surface area contributed by atoms with Gasteiger partial charge in [0.15, 0.2) is 0 Å². The van der Waals surface area contributed by atoms with Gasteiger partial charge < -0.3 is 5.73 Å². The number of nitrogens with two attached hydrogens (primary N) is 1. The second-order valence-corrected chi connectivity index (χ2v) is 5.42. The van der Waals surface area contributed by atoms with Crippen molar-refractivity contribution in [2.24, 2.45) is 5.73 Å². The Kier molecular flexibility index (Phi) is 3.90. The molecule has 1 aromatic rings. The van der Waals surface area contributed by atoms with Gasteiger partial charge in [0, 0.05) is 5.54 Å². The Bertz CT molecular complexity index is 355. The number of rotatable bonds is 3. The first-order chi connectivity index (χ1) is 6.83. The molecule has 15 heavy (non-hydrogen) atoms. The first-order valence-corrected chi connectivity index (χ1v) is 5.88. The van der Waals surface area contributed by atoms with Crippen LogP contribution in [0, 0.1) is 5.82 Å². The molecule has 0 bridgehead atoms. The van der Waals surface area contributed by atoms with Gasteiger partial charge in [0.2, 0.25) is 0 Å². The highest BCUT2D eigenvalue weighted by Gasteiger charge is 2.14. The lowest BCUT2D eigenvalue weighted by molar-refractivity contribution is 0.515. The molecule has 0 aliphatic carbocycles. The highest BCUT2D eigenvalue weighted by Crippen LogP contribution is 2.23. The molecule has 1 aromatic carbocycles. The maximum absolute atomic E-state index is 13.5. The molecular weight excluding hydrogens is 257 g/mol. The van der Waals surface area contributed by atoms with E-state index in [1.165, 1.54) is 0 Å². The second-order valence-electron chi connectivity index (χ2n) is 4.57. The van der Waals surface area contributed by atoms with E-state index in [2.05, 4.69) is 15.9 Å². The summed E-state index contributed by atoms with van der Waals surface area (Å²) >= 11 is 3.23. The smallest absolute Gasteiger partial charge is 0.140 e. The summed E-state index contributed by atoms with van der Waals surface area (Å²) in [7, 11) is 0. The van der Waals surface area contributed by atoms with Crippen molar-refractivity contribution in [3.63, 3.8) is 0 Å². The molecule has 0 unspecified atom stereocenters. The zero-order valence-electron chi connectivity index (χ0n) is 9.40. The lowest BCUT2D eigenvalue weighted by Gasteiger charge is -2.19. The summed E-state index contributed by atoms with van der Waals surface area (Å²) in [4.78, 5) is 0. The molecular formula is C12H17BrFN. The van der Waals surface area contributed by atoms with E-state index in [1.807, 2.05) is 32.9 Å². The molecule has 0 radical (unpaired) electrons.